The number of carboxylic acid groups (broad SMARTS) is 4. The smallest absolute Gasteiger partial charge is 0.320 e. The number of pyridine rings is 1. The molecular formula is C24H40N5O8+. The predicted molar refractivity (Wildman–Crippen MR) is 133 cm³/mol. The van der Waals surface area contributed by atoms with Crippen LogP contribution in [0, 0.1) is 0 Å². The minimum atomic E-state index is -1.12. The highest BCUT2D eigenvalue weighted by Gasteiger charge is 2.22. The molecule has 1 aromatic rings. The average molecular weight is 527 g/mol. The van der Waals surface area contributed by atoms with E-state index in [1.54, 1.807) is 0 Å². The first-order valence-corrected chi connectivity index (χ1v) is 12.3. The maximum atomic E-state index is 11.2. The SMILES string of the molecule is NC(CCCC[n+]1cc(CCC(N)C(=O)O)c(CCCC(N)C(=O)O)c(CCC(N)C(=O)O)c1)C(=O)O. The molecule has 0 saturated carbocycles. The van der Waals surface area contributed by atoms with Crippen LogP contribution in [-0.4, -0.2) is 68.5 Å². The topological polar surface area (TPSA) is 257 Å². The van der Waals surface area contributed by atoms with Gasteiger partial charge in [-0.05, 0) is 63.4 Å². The number of carboxylic acids is 4. The summed E-state index contributed by atoms with van der Waals surface area (Å²) in [5.74, 6) is -4.41. The molecule has 37 heavy (non-hydrogen) atoms. The Kier molecular flexibility index (Phi) is 13.7. The van der Waals surface area contributed by atoms with E-state index in [1.165, 1.54) is 0 Å². The molecule has 12 N–H and O–H groups in total. The maximum Gasteiger partial charge on any atom is 0.320 e. The quantitative estimate of drug-likeness (QED) is 0.0795. The van der Waals surface area contributed by atoms with Crippen LogP contribution in [0.2, 0.25) is 0 Å². The van der Waals surface area contributed by atoms with Crippen molar-refractivity contribution in [2.45, 2.75) is 94.9 Å². The molecule has 0 aliphatic carbocycles. The number of rotatable bonds is 19. The van der Waals surface area contributed by atoms with Crippen LogP contribution in [-0.2, 0) is 45.0 Å². The van der Waals surface area contributed by atoms with Crippen LogP contribution in [0.4, 0.5) is 0 Å². The number of nitrogens with two attached hydrogens (primary N) is 4. The number of aromatic nitrogens is 1. The Hall–Kier alpha value is -3.13. The molecule has 1 aromatic heterocycles. The minimum Gasteiger partial charge on any atom is -0.480 e. The lowest BCUT2D eigenvalue weighted by molar-refractivity contribution is -0.698. The largest absolute Gasteiger partial charge is 0.480 e. The van der Waals surface area contributed by atoms with Crippen molar-refractivity contribution in [2.75, 3.05) is 0 Å². The van der Waals surface area contributed by atoms with Gasteiger partial charge in [-0.15, -0.1) is 0 Å². The lowest BCUT2D eigenvalue weighted by Gasteiger charge is -2.16. The van der Waals surface area contributed by atoms with Crippen LogP contribution in [0.25, 0.3) is 0 Å². The van der Waals surface area contributed by atoms with Gasteiger partial charge in [0.1, 0.15) is 30.7 Å². The van der Waals surface area contributed by atoms with E-state index in [9.17, 15) is 29.4 Å². The van der Waals surface area contributed by atoms with E-state index >= 15 is 0 Å². The number of aryl methyl sites for hydroxylation is 3. The van der Waals surface area contributed by atoms with Gasteiger partial charge in [-0.3, -0.25) is 19.2 Å². The van der Waals surface area contributed by atoms with Crippen LogP contribution < -0.4 is 27.5 Å². The zero-order chi connectivity index (χ0) is 28.1. The van der Waals surface area contributed by atoms with Crippen LogP contribution >= 0.6 is 0 Å². The molecular weight excluding hydrogens is 486 g/mol. The molecule has 1 rings (SSSR count). The van der Waals surface area contributed by atoms with Gasteiger partial charge in [-0.1, -0.05) is 0 Å². The first kappa shape index (κ1) is 31.9. The predicted octanol–water partition coefficient (Wildman–Crippen LogP) is -1.02. The van der Waals surface area contributed by atoms with E-state index in [-0.39, 0.29) is 19.3 Å². The highest BCUT2D eigenvalue weighted by atomic mass is 16.4. The first-order chi connectivity index (χ1) is 17.3. The van der Waals surface area contributed by atoms with Gasteiger partial charge in [-0.2, -0.15) is 0 Å². The fourth-order valence-electron chi connectivity index (χ4n) is 3.95. The van der Waals surface area contributed by atoms with Crippen molar-refractivity contribution in [3.05, 3.63) is 29.1 Å². The zero-order valence-electron chi connectivity index (χ0n) is 20.9. The lowest BCUT2D eigenvalue weighted by Crippen LogP contribution is -2.37. The maximum absolute atomic E-state index is 11.2. The van der Waals surface area contributed by atoms with Gasteiger partial charge in [0, 0.05) is 17.5 Å². The molecule has 0 radical (unpaired) electrons. The third-order valence-electron chi connectivity index (χ3n) is 6.26. The molecule has 0 amide bonds. The van der Waals surface area contributed by atoms with E-state index in [0.717, 1.165) is 16.7 Å². The van der Waals surface area contributed by atoms with Crippen molar-refractivity contribution in [1.29, 1.82) is 0 Å². The molecule has 0 fully saturated rings. The van der Waals surface area contributed by atoms with E-state index in [2.05, 4.69) is 0 Å². The Labute approximate surface area is 215 Å². The number of aliphatic carboxylic acids is 4. The average Bonchev–Trinajstić information content (AvgIpc) is 2.83. The third kappa shape index (κ3) is 11.6. The Balaban J connectivity index is 3.23. The second-order valence-electron chi connectivity index (χ2n) is 9.27. The molecule has 0 spiro atoms. The Bertz CT molecular complexity index is 897. The molecule has 13 nitrogen and oxygen atoms in total. The van der Waals surface area contributed by atoms with Gasteiger partial charge in [-0.25, -0.2) is 4.57 Å². The van der Waals surface area contributed by atoms with E-state index in [0.29, 0.717) is 51.5 Å². The van der Waals surface area contributed by atoms with Crippen molar-refractivity contribution >= 4 is 23.9 Å². The Morgan fingerprint density at radius 1 is 0.595 bits per heavy atom. The van der Waals surface area contributed by atoms with Crippen LogP contribution in [0.1, 0.15) is 61.6 Å². The summed E-state index contributed by atoms with van der Waals surface area (Å²) in [5.41, 5.74) is 25.2. The van der Waals surface area contributed by atoms with Crippen molar-refractivity contribution in [3.8, 4) is 0 Å². The summed E-state index contributed by atoms with van der Waals surface area (Å²) in [4.78, 5) is 44.5. The highest BCUT2D eigenvalue weighted by molar-refractivity contribution is 5.74. The van der Waals surface area contributed by atoms with Gasteiger partial charge in [0.2, 0.25) is 0 Å². The first-order valence-electron chi connectivity index (χ1n) is 12.3. The minimum absolute atomic E-state index is 0.169. The van der Waals surface area contributed by atoms with Crippen molar-refractivity contribution in [2.24, 2.45) is 22.9 Å². The number of hydrogen-bond acceptors (Lipinski definition) is 8. The molecule has 4 unspecified atom stereocenters. The van der Waals surface area contributed by atoms with Gasteiger partial charge in [0.05, 0.1) is 0 Å². The second kappa shape index (κ2) is 15.9. The van der Waals surface area contributed by atoms with Gasteiger partial charge in [0.15, 0.2) is 12.4 Å². The van der Waals surface area contributed by atoms with Gasteiger partial charge >= 0.3 is 23.9 Å². The Morgan fingerprint density at radius 3 is 1.38 bits per heavy atom. The fourth-order valence-corrected chi connectivity index (χ4v) is 3.95. The summed E-state index contributed by atoms with van der Waals surface area (Å²) in [7, 11) is 0. The van der Waals surface area contributed by atoms with Crippen LogP contribution in [0.15, 0.2) is 12.4 Å². The number of hydrogen-bond donors (Lipinski definition) is 8. The van der Waals surface area contributed by atoms with Crippen molar-refractivity contribution < 1.29 is 44.2 Å². The molecule has 4 atom stereocenters. The molecule has 0 aromatic carbocycles. The zero-order valence-corrected chi connectivity index (χ0v) is 20.9. The van der Waals surface area contributed by atoms with E-state index < -0.39 is 48.0 Å². The summed E-state index contributed by atoms with van der Waals surface area (Å²) >= 11 is 0. The molecule has 13 heteroatoms. The summed E-state index contributed by atoms with van der Waals surface area (Å²) < 4.78 is 1.90. The summed E-state index contributed by atoms with van der Waals surface area (Å²) in [6, 6.07) is -4.09. The van der Waals surface area contributed by atoms with Gasteiger partial charge < -0.3 is 43.4 Å². The molecule has 208 valence electrons. The summed E-state index contributed by atoms with van der Waals surface area (Å²) in [6.07, 6.45) is 7.46. The molecule has 0 aliphatic rings. The lowest BCUT2D eigenvalue weighted by atomic mass is 9.91. The fraction of sp³-hybridized carbons (Fsp3) is 0.625. The van der Waals surface area contributed by atoms with Gasteiger partial charge in [0.25, 0.3) is 0 Å². The molecule has 1 heterocycles. The third-order valence-corrected chi connectivity index (χ3v) is 6.26. The standard InChI is InChI=1S/C24H39N5O8/c25-17(21(30)31)5-1-2-11-29-12-14(7-9-19(27)23(34)35)16(4-3-6-18(26)22(32)33)15(13-29)8-10-20(28)24(36)37/h12-13,17-20H,1-11,25-28H2,(H3-,30,31,32,33,34,35,36,37)/p+1. The van der Waals surface area contributed by atoms with E-state index in [1.807, 2.05) is 17.0 Å². The Morgan fingerprint density at radius 2 is 0.973 bits per heavy atom. The highest BCUT2D eigenvalue weighted by Crippen LogP contribution is 2.21. The monoisotopic (exact) mass is 526 g/mol. The van der Waals surface area contributed by atoms with Crippen LogP contribution in [0.5, 0.6) is 0 Å². The number of nitrogens with zero attached hydrogens (tertiary/aromatic N) is 1. The number of carbonyl (C=O) groups is 4. The number of unbranched alkanes of at least 4 members (excludes halogenated alkanes) is 1. The molecule has 0 aliphatic heterocycles. The van der Waals surface area contributed by atoms with E-state index in [4.69, 9.17) is 33.1 Å². The second-order valence-corrected chi connectivity index (χ2v) is 9.27. The molecule has 0 bridgehead atoms. The van der Waals surface area contributed by atoms with Crippen molar-refractivity contribution in [3.63, 3.8) is 0 Å². The van der Waals surface area contributed by atoms with Crippen LogP contribution in [0.3, 0.4) is 0 Å². The molecule has 0 saturated heterocycles. The summed E-state index contributed by atoms with van der Waals surface area (Å²) in [6.45, 7) is 0.534. The summed E-state index contributed by atoms with van der Waals surface area (Å²) in [5, 5.41) is 36.4. The van der Waals surface area contributed by atoms with Crippen molar-refractivity contribution in [1.82, 2.24) is 0 Å². The normalized spacial score (nSPS) is 14.5.